The number of nitrogens with zero attached hydrogens (tertiary/aromatic N) is 1. The molecule has 3 N–H and O–H groups in total. The van der Waals surface area contributed by atoms with Crippen molar-refractivity contribution in [3.63, 3.8) is 0 Å². The van der Waals surface area contributed by atoms with Gasteiger partial charge in [0.25, 0.3) is 0 Å². The van der Waals surface area contributed by atoms with Crippen molar-refractivity contribution in [2.75, 3.05) is 6.54 Å². The molecule has 0 spiro atoms. The summed E-state index contributed by atoms with van der Waals surface area (Å²) in [5.74, 6) is 0.938. The number of hydrogen-bond acceptors (Lipinski definition) is 1. The lowest BCUT2D eigenvalue weighted by molar-refractivity contribution is 0.410. The van der Waals surface area contributed by atoms with E-state index in [0.717, 1.165) is 18.2 Å². The van der Waals surface area contributed by atoms with Crippen LogP contribution in [0.15, 0.2) is 35.3 Å². The Kier molecular flexibility index (Phi) is 4.99. The lowest BCUT2D eigenvalue weighted by atomic mass is 9.96. The van der Waals surface area contributed by atoms with Gasteiger partial charge in [-0.15, -0.1) is 0 Å². The van der Waals surface area contributed by atoms with Crippen molar-refractivity contribution >= 4 is 16.9 Å². The maximum atomic E-state index is 4.74. The van der Waals surface area contributed by atoms with Crippen LogP contribution in [0.25, 0.3) is 10.9 Å². The first kappa shape index (κ1) is 14.9. The van der Waals surface area contributed by atoms with Crippen molar-refractivity contribution < 1.29 is 0 Å². The van der Waals surface area contributed by atoms with E-state index in [-0.39, 0.29) is 0 Å². The van der Waals surface area contributed by atoms with Crippen molar-refractivity contribution in [2.45, 2.75) is 51.6 Å². The summed E-state index contributed by atoms with van der Waals surface area (Å²) in [5, 5.41) is 8.19. The summed E-state index contributed by atoms with van der Waals surface area (Å²) in [5.41, 5.74) is 2.33. The highest BCUT2D eigenvalue weighted by molar-refractivity contribution is 5.81. The molecule has 0 aliphatic heterocycles. The van der Waals surface area contributed by atoms with Gasteiger partial charge in [0.05, 0.1) is 6.54 Å². The molecule has 2 aromatic rings. The van der Waals surface area contributed by atoms with E-state index in [0.29, 0.717) is 12.6 Å². The molecular formula is C18H26N4. The van der Waals surface area contributed by atoms with Crippen molar-refractivity contribution in [3.8, 4) is 0 Å². The van der Waals surface area contributed by atoms with E-state index >= 15 is 0 Å². The number of nitrogens with one attached hydrogen (secondary N) is 3. The average molecular weight is 298 g/mol. The summed E-state index contributed by atoms with van der Waals surface area (Å²) in [6, 6.07) is 11.1. The largest absolute Gasteiger partial charge is 0.357 e. The second-order valence-corrected chi connectivity index (χ2v) is 6.06. The Morgan fingerprint density at radius 3 is 2.82 bits per heavy atom. The number of benzene rings is 1. The van der Waals surface area contributed by atoms with Gasteiger partial charge in [0, 0.05) is 23.8 Å². The van der Waals surface area contributed by atoms with Gasteiger partial charge in [-0.25, -0.2) is 4.99 Å². The third-order valence-corrected chi connectivity index (χ3v) is 4.28. The second kappa shape index (κ2) is 7.34. The molecule has 1 aliphatic rings. The summed E-state index contributed by atoms with van der Waals surface area (Å²) in [4.78, 5) is 8.17. The predicted octanol–water partition coefficient (Wildman–Crippen LogP) is 3.56. The summed E-state index contributed by atoms with van der Waals surface area (Å²) >= 11 is 0. The number of aromatic nitrogens is 1. The van der Waals surface area contributed by atoms with Crippen LogP contribution in [0.5, 0.6) is 0 Å². The van der Waals surface area contributed by atoms with E-state index < -0.39 is 0 Å². The fourth-order valence-corrected chi connectivity index (χ4v) is 3.14. The molecule has 1 aliphatic carbocycles. The number of hydrogen-bond donors (Lipinski definition) is 3. The minimum Gasteiger partial charge on any atom is -0.357 e. The topological polar surface area (TPSA) is 52.2 Å². The first-order valence-corrected chi connectivity index (χ1v) is 8.46. The molecular weight excluding hydrogens is 272 g/mol. The number of aromatic amines is 1. The number of fused-ring (bicyclic) bond motifs is 1. The zero-order chi connectivity index (χ0) is 15.2. The molecule has 1 aromatic carbocycles. The molecule has 1 heterocycles. The highest BCUT2D eigenvalue weighted by Gasteiger charge is 2.14. The number of para-hydroxylation sites is 1. The molecule has 22 heavy (non-hydrogen) atoms. The Morgan fingerprint density at radius 2 is 2.05 bits per heavy atom. The Bertz CT molecular complexity index is 590. The number of guanidine groups is 1. The molecule has 0 bridgehead atoms. The van der Waals surface area contributed by atoms with Crippen LogP contribution < -0.4 is 10.6 Å². The molecule has 1 fully saturated rings. The van der Waals surface area contributed by atoms with Crippen molar-refractivity contribution in [2.24, 2.45) is 4.99 Å². The van der Waals surface area contributed by atoms with Crippen LogP contribution in [-0.4, -0.2) is 23.5 Å². The van der Waals surface area contributed by atoms with Gasteiger partial charge in [-0.2, -0.15) is 0 Å². The molecule has 3 rings (SSSR count). The highest BCUT2D eigenvalue weighted by atomic mass is 15.2. The Morgan fingerprint density at radius 1 is 1.23 bits per heavy atom. The Labute approximate surface area is 132 Å². The first-order chi connectivity index (χ1) is 10.8. The van der Waals surface area contributed by atoms with Gasteiger partial charge < -0.3 is 15.6 Å². The molecule has 0 unspecified atom stereocenters. The molecule has 1 saturated carbocycles. The van der Waals surface area contributed by atoms with Crippen LogP contribution in [0.3, 0.4) is 0 Å². The zero-order valence-corrected chi connectivity index (χ0v) is 13.4. The lowest BCUT2D eigenvalue weighted by Gasteiger charge is -2.24. The molecule has 4 nitrogen and oxygen atoms in total. The minimum absolute atomic E-state index is 0.578. The Hall–Kier alpha value is -1.97. The van der Waals surface area contributed by atoms with Crippen LogP contribution in [0, 0.1) is 0 Å². The highest BCUT2D eigenvalue weighted by Crippen LogP contribution is 2.17. The summed E-state index contributed by atoms with van der Waals surface area (Å²) < 4.78 is 0. The van der Waals surface area contributed by atoms with Crippen LogP contribution in [0.4, 0.5) is 0 Å². The molecule has 1 aromatic heterocycles. The fraction of sp³-hybridized carbons (Fsp3) is 0.500. The monoisotopic (exact) mass is 298 g/mol. The summed E-state index contributed by atoms with van der Waals surface area (Å²) in [7, 11) is 0. The molecule has 0 atom stereocenters. The van der Waals surface area contributed by atoms with E-state index in [1.165, 1.54) is 43.0 Å². The van der Waals surface area contributed by atoms with E-state index in [9.17, 15) is 0 Å². The summed E-state index contributed by atoms with van der Waals surface area (Å²) in [6.45, 7) is 3.68. The zero-order valence-electron chi connectivity index (χ0n) is 13.4. The standard InChI is InChI=1S/C18H26N4/c1-2-19-18(22-15-9-4-3-5-10-15)20-13-16-12-14-8-6-7-11-17(14)21-16/h6-8,11-12,15,21H,2-5,9-10,13H2,1H3,(H2,19,20,22). The van der Waals surface area contributed by atoms with E-state index in [4.69, 9.17) is 4.99 Å². The van der Waals surface area contributed by atoms with Crippen LogP contribution in [0.1, 0.15) is 44.7 Å². The number of rotatable bonds is 4. The normalized spacial score (nSPS) is 16.9. The van der Waals surface area contributed by atoms with Gasteiger partial charge in [0.15, 0.2) is 5.96 Å². The molecule has 0 amide bonds. The van der Waals surface area contributed by atoms with Crippen molar-refractivity contribution in [1.29, 1.82) is 0 Å². The van der Waals surface area contributed by atoms with E-state index in [1.807, 2.05) is 0 Å². The van der Waals surface area contributed by atoms with E-state index in [2.05, 4.69) is 52.9 Å². The molecule has 0 radical (unpaired) electrons. The maximum Gasteiger partial charge on any atom is 0.191 e. The van der Waals surface area contributed by atoms with Crippen LogP contribution in [-0.2, 0) is 6.54 Å². The van der Waals surface area contributed by atoms with Gasteiger partial charge >= 0.3 is 0 Å². The third-order valence-electron chi connectivity index (χ3n) is 4.28. The quantitative estimate of drug-likeness (QED) is 0.597. The van der Waals surface area contributed by atoms with Gasteiger partial charge in [-0.05, 0) is 37.3 Å². The van der Waals surface area contributed by atoms with Gasteiger partial charge in [-0.3, -0.25) is 0 Å². The minimum atomic E-state index is 0.578. The Balaban J connectivity index is 1.66. The molecule has 4 heteroatoms. The smallest absolute Gasteiger partial charge is 0.191 e. The van der Waals surface area contributed by atoms with E-state index in [1.54, 1.807) is 0 Å². The SMILES string of the molecule is CCNC(=NCc1cc2ccccc2[nH]1)NC1CCCCC1. The van der Waals surface area contributed by atoms with Gasteiger partial charge in [0.1, 0.15) is 0 Å². The average Bonchev–Trinajstić information content (AvgIpc) is 2.97. The molecule has 118 valence electrons. The van der Waals surface area contributed by atoms with Gasteiger partial charge in [-0.1, -0.05) is 37.5 Å². The summed E-state index contributed by atoms with van der Waals surface area (Å²) in [6.07, 6.45) is 6.56. The predicted molar refractivity (Wildman–Crippen MR) is 93.1 cm³/mol. The number of H-pyrrole nitrogens is 1. The fourth-order valence-electron chi connectivity index (χ4n) is 3.14. The maximum absolute atomic E-state index is 4.74. The first-order valence-electron chi connectivity index (χ1n) is 8.46. The lowest BCUT2D eigenvalue weighted by Crippen LogP contribution is -2.44. The van der Waals surface area contributed by atoms with Crippen molar-refractivity contribution in [3.05, 3.63) is 36.0 Å². The van der Waals surface area contributed by atoms with Crippen molar-refractivity contribution in [1.82, 2.24) is 15.6 Å². The second-order valence-electron chi connectivity index (χ2n) is 6.06. The third kappa shape index (κ3) is 3.81. The van der Waals surface area contributed by atoms with Crippen LogP contribution >= 0.6 is 0 Å². The van der Waals surface area contributed by atoms with Gasteiger partial charge in [0.2, 0.25) is 0 Å². The number of aliphatic imine (C=N–C) groups is 1. The molecule has 0 saturated heterocycles. The van der Waals surface area contributed by atoms with Crippen LogP contribution in [0.2, 0.25) is 0 Å².